The lowest BCUT2D eigenvalue weighted by Crippen LogP contribution is -2.38. The number of hydrogen-bond acceptors (Lipinski definition) is 3. The first kappa shape index (κ1) is 17.5. The summed E-state index contributed by atoms with van der Waals surface area (Å²) in [4.78, 5) is 25.7. The van der Waals surface area contributed by atoms with Gasteiger partial charge in [0.05, 0.1) is 11.5 Å². The lowest BCUT2D eigenvalue weighted by atomic mass is 9.86. The van der Waals surface area contributed by atoms with Gasteiger partial charge in [-0.1, -0.05) is 42.1 Å². The number of amides is 1. The Kier molecular flexibility index (Phi) is 5.76. The summed E-state index contributed by atoms with van der Waals surface area (Å²) >= 11 is 1.57. The van der Waals surface area contributed by atoms with Crippen molar-refractivity contribution < 1.29 is 14.7 Å². The van der Waals surface area contributed by atoms with E-state index in [4.69, 9.17) is 5.11 Å². The Labute approximate surface area is 151 Å². The highest BCUT2D eigenvalue weighted by Gasteiger charge is 2.27. The summed E-state index contributed by atoms with van der Waals surface area (Å²) < 4.78 is 0. The van der Waals surface area contributed by atoms with E-state index in [1.54, 1.807) is 11.8 Å². The summed E-state index contributed by atoms with van der Waals surface area (Å²) in [7, 11) is 0. The molecule has 0 unspecified atom stereocenters. The molecule has 0 heterocycles. The van der Waals surface area contributed by atoms with Crippen LogP contribution in [0.4, 0.5) is 0 Å². The third kappa shape index (κ3) is 4.63. The van der Waals surface area contributed by atoms with E-state index in [2.05, 4.69) is 5.32 Å². The van der Waals surface area contributed by atoms with Crippen molar-refractivity contribution in [1.29, 1.82) is 0 Å². The number of carboxylic acid groups (broad SMARTS) is 1. The summed E-state index contributed by atoms with van der Waals surface area (Å²) in [5.74, 6) is -1.08. The number of hydrogen-bond donors (Lipinski definition) is 2. The predicted octanol–water partition coefficient (Wildman–Crippen LogP) is 4.21. The van der Waals surface area contributed by atoms with Crippen molar-refractivity contribution in [3.63, 3.8) is 0 Å². The fourth-order valence-electron chi connectivity index (χ4n) is 3.11. The Balaban J connectivity index is 1.66. The molecule has 0 aliphatic heterocycles. The summed E-state index contributed by atoms with van der Waals surface area (Å²) in [5, 5.41) is 12.1. The van der Waals surface area contributed by atoms with E-state index in [1.807, 2.05) is 54.6 Å². The maximum Gasteiger partial charge on any atom is 0.306 e. The fraction of sp³-hybridized carbons (Fsp3) is 0.300. The van der Waals surface area contributed by atoms with Gasteiger partial charge >= 0.3 is 5.97 Å². The van der Waals surface area contributed by atoms with E-state index < -0.39 is 5.97 Å². The number of carbonyl (C=O) groups excluding carboxylic acids is 1. The van der Waals surface area contributed by atoms with Gasteiger partial charge in [0.25, 0.3) is 5.91 Å². The molecule has 0 spiro atoms. The molecule has 1 amide bonds. The molecule has 0 saturated heterocycles. The molecule has 5 heteroatoms. The Bertz CT molecular complexity index is 740. The largest absolute Gasteiger partial charge is 0.481 e. The van der Waals surface area contributed by atoms with Crippen molar-refractivity contribution in [3.05, 3.63) is 60.2 Å². The number of carboxylic acids is 1. The van der Waals surface area contributed by atoms with Crippen LogP contribution in [0.15, 0.2) is 64.4 Å². The first-order valence-electron chi connectivity index (χ1n) is 8.49. The molecule has 25 heavy (non-hydrogen) atoms. The lowest BCUT2D eigenvalue weighted by molar-refractivity contribution is -0.142. The minimum absolute atomic E-state index is 0.0536. The van der Waals surface area contributed by atoms with E-state index in [9.17, 15) is 9.59 Å². The average Bonchev–Trinajstić information content (AvgIpc) is 2.63. The van der Waals surface area contributed by atoms with Gasteiger partial charge in [0.2, 0.25) is 0 Å². The van der Waals surface area contributed by atoms with Crippen molar-refractivity contribution in [2.24, 2.45) is 5.92 Å². The van der Waals surface area contributed by atoms with Crippen LogP contribution in [0.1, 0.15) is 36.0 Å². The Morgan fingerprint density at radius 1 is 0.920 bits per heavy atom. The molecule has 2 aromatic carbocycles. The molecular weight excluding hydrogens is 334 g/mol. The van der Waals surface area contributed by atoms with Crippen LogP contribution in [-0.2, 0) is 4.79 Å². The zero-order valence-electron chi connectivity index (χ0n) is 13.9. The smallest absolute Gasteiger partial charge is 0.306 e. The monoisotopic (exact) mass is 355 g/mol. The molecule has 1 aliphatic rings. The lowest BCUT2D eigenvalue weighted by Gasteiger charge is -2.27. The van der Waals surface area contributed by atoms with Gasteiger partial charge < -0.3 is 10.4 Å². The predicted molar refractivity (Wildman–Crippen MR) is 97.9 cm³/mol. The summed E-state index contributed by atoms with van der Waals surface area (Å²) in [6.07, 6.45) is 2.69. The van der Waals surface area contributed by atoms with Crippen LogP contribution in [0.2, 0.25) is 0 Å². The average molecular weight is 355 g/mol. The molecule has 0 bridgehead atoms. The molecule has 2 N–H and O–H groups in total. The van der Waals surface area contributed by atoms with Gasteiger partial charge in [-0.05, 0) is 49.9 Å². The van der Waals surface area contributed by atoms with Gasteiger partial charge in [-0.3, -0.25) is 9.59 Å². The van der Waals surface area contributed by atoms with Crippen LogP contribution in [0.25, 0.3) is 0 Å². The zero-order chi connectivity index (χ0) is 17.6. The Hall–Kier alpha value is -2.27. The van der Waals surface area contributed by atoms with Crippen molar-refractivity contribution in [3.8, 4) is 0 Å². The quantitative estimate of drug-likeness (QED) is 0.843. The molecule has 130 valence electrons. The molecular formula is C20H21NO3S. The van der Waals surface area contributed by atoms with Gasteiger partial charge in [0, 0.05) is 15.8 Å². The molecule has 3 rings (SSSR count). The van der Waals surface area contributed by atoms with Crippen LogP contribution in [-0.4, -0.2) is 23.0 Å². The van der Waals surface area contributed by atoms with Gasteiger partial charge in [0.15, 0.2) is 0 Å². The van der Waals surface area contributed by atoms with Gasteiger partial charge in [-0.15, -0.1) is 0 Å². The van der Waals surface area contributed by atoms with Gasteiger partial charge in [-0.2, -0.15) is 0 Å². The van der Waals surface area contributed by atoms with Crippen LogP contribution < -0.4 is 5.32 Å². The third-order valence-electron chi connectivity index (χ3n) is 4.51. The van der Waals surface area contributed by atoms with E-state index in [0.717, 1.165) is 22.6 Å². The standard InChI is InChI=1S/C20H21NO3S/c22-19(21-15-12-10-14(11-13-15)20(23)24)17-8-4-5-9-18(17)25-16-6-2-1-3-7-16/h1-9,14-15H,10-13H2,(H,21,22)(H,23,24). The topological polar surface area (TPSA) is 66.4 Å². The summed E-state index contributed by atoms with van der Waals surface area (Å²) in [6, 6.07) is 17.6. The van der Waals surface area contributed by atoms with Crippen molar-refractivity contribution in [2.75, 3.05) is 0 Å². The number of aliphatic carboxylic acids is 1. The summed E-state index contributed by atoms with van der Waals surface area (Å²) in [6.45, 7) is 0. The van der Waals surface area contributed by atoms with E-state index in [0.29, 0.717) is 18.4 Å². The van der Waals surface area contributed by atoms with Crippen LogP contribution >= 0.6 is 11.8 Å². The molecule has 1 fully saturated rings. The second-order valence-corrected chi connectivity index (χ2v) is 7.39. The number of rotatable bonds is 5. The normalized spacial score (nSPS) is 20.0. The SMILES string of the molecule is O=C(NC1CCC(C(=O)O)CC1)c1ccccc1Sc1ccccc1. The molecule has 4 nitrogen and oxygen atoms in total. The van der Waals surface area contributed by atoms with Crippen molar-refractivity contribution in [1.82, 2.24) is 5.32 Å². The minimum Gasteiger partial charge on any atom is -0.481 e. The third-order valence-corrected chi connectivity index (χ3v) is 5.60. The molecule has 2 aromatic rings. The van der Waals surface area contributed by atoms with E-state index >= 15 is 0 Å². The fourth-order valence-corrected chi connectivity index (χ4v) is 4.07. The number of nitrogens with one attached hydrogen (secondary N) is 1. The van der Waals surface area contributed by atoms with Crippen molar-refractivity contribution >= 4 is 23.6 Å². The Morgan fingerprint density at radius 2 is 1.56 bits per heavy atom. The van der Waals surface area contributed by atoms with E-state index in [1.165, 1.54) is 0 Å². The van der Waals surface area contributed by atoms with E-state index in [-0.39, 0.29) is 17.9 Å². The molecule has 0 radical (unpaired) electrons. The minimum atomic E-state index is -0.727. The molecule has 1 saturated carbocycles. The second-order valence-electron chi connectivity index (χ2n) is 6.27. The second kappa shape index (κ2) is 8.21. The first-order chi connectivity index (χ1) is 12.1. The van der Waals surface area contributed by atoms with Gasteiger partial charge in [0.1, 0.15) is 0 Å². The zero-order valence-corrected chi connectivity index (χ0v) is 14.7. The maximum atomic E-state index is 12.7. The van der Waals surface area contributed by atoms with Crippen molar-refractivity contribution in [2.45, 2.75) is 41.5 Å². The van der Waals surface area contributed by atoms with Crippen LogP contribution in [0.3, 0.4) is 0 Å². The van der Waals surface area contributed by atoms with Crippen LogP contribution in [0.5, 0.6) is 0 Å². The highest BCUT2D eigenvalue weighted by Crippen LogP contribution is 2.31. The van der Waals surface area contributed by atoms with Gasteiger partial charge in [-0.25, -0.2) is 0 Å². The summed E-state index contributed by atoms with van der Waals surface area (Å²) in [5.41, 5.74) is 0.664. The highest BCUT2D eigenvalue weighted by atomic mass is 32.2. The molecule has 0 atom stereocenters. The molecule has 1 aliphatic carbocycles. The first-order valence-corrected chi connectivity index (χ1v) is 9.30. The number of carbonyl (C=O) groups is 2. The highest BCUT2D eigenvalue weighted by molar-refractivity contribution is 7.99. The number of benzene rings is 2. The Morgan fingerprint density at radius 3 is 2.24 bits per heavy atom. The maximum absolute atomic E-state index is 12.7. The van der Waals surface area contributed by atoms with Crippen LogP contribution in [0, 0.1) is 5.92 Å². The molecule has 0 aromatic heterocycles.